The van der Waals surface area contributed by atoms with Crippen molar-refractivity contribution in [2.24, 2.45) is 0 Å². The number of carbonyl (C=O) groups excluding carboxylic acids is 2. The van der Waals surface area contributed by atoms with Gasteiger partial charge in [-0.25, -0.2) is 9.78 Å². The van der Waals surface area contributed by atoms with Crippen LogP contribution in [0.3, 0.4) is 0 Å². The van der Waals surface area contributed by atoms with Gasteiger partial charge in [0, 0.05) is 6.54 Å². The summed E-state index contributed by atoms with van der Waals surface area (Å²) < 4.78 is 6.79. The van der Waals surface area contributed by atoms with E-state index in [2.05, 4.69) is 10.3 Å². The third-order valence-electron chi connectivity index (χ3n) is 5.40. The molecule has 0 aliphatic carbocycles. The van der Waals surface area contributed by atoms with Crippen molar-refractivity contribution in [3.8, 4) is 0 Å². The lowest BCUT2D eigenvalue weighted by Crippen LogP contribution is -2.31. The van der Waals surface area contributed by atoms with Gasteiger partial charge in [0.1, 0.15) is 5.69 Å². The molecule has 0 saturated heterocycles. The van der Waals surface area contributed by atoms with E-state index >= 15 is 0 Å². The normalized spacial score (nSPS) is 11.9. The number of nitrogens with zero attached hydrogens (tertiary/aromatic N) is 2. The molecule has 31 heavy (non-hydrogen) atoms. The van der Waals surface area contributed by atoms with Gasteiger partial charge in [-0.2, -0.15) is 0 Å². The van der Waals surface area contributed by atoms with Gasteiger partial charge in [0.25, 0.3) is 11.5 Å². The summed E-state index contributed by atoms with van der Waals surface area (Å²) in [5, 5.41) is 2.84. The van der Waals surface area contributed by atoms with Gasteiger partial charge in [-0.3, -0.25) is 9.59 Å². The average Bonchev–Trinajstić information content (AvgIpc) is 2.74. The Balaban J connectivity index is 1.66. The second-order valence-electron chi connectivity index (χ2n) is 7.66. The predicted molar refractivity (Wildman–Crippen MR) is 119 cm³/mol. The molecule has 3 aromatic rings. The number of fused-ring (bicyclic) bond motifs is 1. The van der Waals surface area contributed by atoms with Crippen LogP contribution >= 0.6 is 0 Å². The minimum Gasteiger partial charge on any atom is -0.452 e. The van der Waals surface area contributed by atoms with Crippen molar-refractivity contribution in [3.63, 3.8) is 0 Å². The van der Waals surface area contributed by atoms with Crippen molar-refractivity contribution in [1.29, 1.82) is 0 Å². The first-order valence-electron chi connectivity index (χ1n) is 10.3. The monoisotopic (exact) mass is 421 g/mol. The number of rotatable bonds is 6. The molecule has 1 atom stereocenters. The van der Waals surface area contributed by atoms with Crippen LogP contribution in [0.2, 0.25) is 0 Å². The van der Waals surface area contributed by atoms with E-state index in [0.717, 1.165) is 11.1 Å². The van der Waals surface area contributed by atoms with Crippen molar-refractivity contribution in [1.82, 2.24) is 14.9 Å². The highest BCUT2D eigenvalue weighted by Gasteiger charge is 2.15. The summed E-state index contributed by atoms with van der Waals surface area (Å²) in [5.74, 6) is -1.00. The van der Waals surface area contributed by atoms with Crippen molar-refractivity contribution >= 4 is 22.9 Å². The fourth-order valence-corrected chi connectivity index (χ4v) is 3.43. The number of aromatic nitrogens is 2. The first-order valence-corrected chi connectivity index (χ1v) is 10.3. The molecular formula is C24H27N3O4. The maximum absolute atomic E-state index is 12.4. The Morgan fingerprint density at radius 3 is 2.52 bits per heavy atom. The lowest BCUT2D eigenvalue weighted by molar-refractivity contribution is -0.124. The van der Waals surface area contributed by atoms with Gasteiger partial charge in [-0.1, -0.05) is 18.2 Å². The molecule has 7 heteroatoms. The van der Waals surface area contributed by atoms with Gasteiger partial charge in [0.2, 0.25) is 0 Å². The number of nitrogens with one attached hydrogen (secondary N) is 1. The number of carbonyl (C=O) groups is 2. The van der Waals surface area contributed by atoms with Crippen LogP contribution in [0.15, 0.2) is 41.2 Å². The molecule has 0 aliphatic heterocycles. The summed E-state index contributed by atoms with van der Waals surface area (Å²) in [7, 11) is 0. The average molecular weight is 421 g/mol. The van der Waals surface area contributed by atoms with Crippen molar-refractivity contribution in [2.45, 2.75) is 47.2 Å². The van der Waals surface area contributed by atoms with Gasteiger partial charge < -0.3 is 14.6 Å². The molecule has 0 unspecified atom stereocenters. The lowest BCUT2D eigenvalue weighted by Gasteiger charge is -2.16. The molecule has 1 amide bonds. The summed E-state index contributed by atoms with van der Waals surface area (Å²) in [6.45, 7) is 9.57. The Morgan fingerprint density at radius 2 is 1.84 bits per heavy atom. The first kappa shape index (κ1) is 22.2. The van der Waals surface area contributed by atoms with Crippen LogP contribution < -0.4 is 10.9 Å². The molecule has 1 aromatic heterocycles. The molecule has 2 aromatic carbocycles. The summed E-state index contributed by atoms with van der Waals surface area (Å²) in [4.78, 5) is 41.2. The minimum absolute atomic E-state index is 0.153. The van der Waals surface area contributed by atoms with E-state index in [-0.39, 0.29) is 29.7 Å². The van der Waals surface area contributed by atoms with Crippen LogP contribution in [-0.4, -0.2) is 28.0 Å². The number of hydrogen-bond acceptors (Lipinski definition) is 5. The third-order valence-corrected chi connectivity index (χ3v) is 5.40. The van der Waals surface area contributed by atoms with Crippen molar-refractivity contribution in [3.05, 3.63) is 74.7 Å². The first-order chi connectivity index (χ1) is 14.7. The van der Waals surface area contributed by atoms with E-state index in [4.69, 9.17) is 4.74 Å². The second-order valence-corrected chi connectivity index (χ2v) is 7.66. The fourth-order valence-electron chi connectivity index (χ4n) is 3.43. The highest BCUT2D eigenvalue weighted by Crippen LogP contribution is 2.17. The van der Waals surface area contributed by atoms with Crippen LogP contribution in [-0.2, 0) is 16.1 Å². The van der Waals surface area contributed by atoms with Crippen LogP contribution in [0.25, 0.3) is 11.0 Å². The Labute approximate surface area is 181 Å². The maximum atomic E-state index is 12.4. The van der Waals surface area contributed by atoms with Gasteiger partial charge in [-0.15, -0.1) is 0 Å². The molecule has 3 rings (SSSR count). The summed E-state index contributed by atoms with van der Waals surface area (Å²) in [6, 6.07) is 10.6. The summed E-state index contributed by atoms with van der Waals surface area (Å²) >= 11 is 0. The molecule has 7 nitrogen and oxygen atoms in total. The zero-order valence-electron chi connectivity index (χ0n) is 18.5. The van der Waals surface area contributed by atoms with E-state index in [1.165, 1.54) is 5.56 Å². The van der Waals surface area contributed by atoms with E-state index in [9.17, 15) is 14.4 Å². The SMILES string of the molecule is CCn1c(=O)c(C)nc2cc(C(=O)OCC(=O)N[C@@H](C)c3ccc(C)c(C)c3)ccc21. The lowest BCUT2D eigenvalue weighted by atomic mass is 10.0. The quantitative estimate of drug-likeness (QED) is 0.616. The van der Waals surface area contributed by atoms with Crippen LogP contribution in [0.1, 0.15) is 52.6 Å². The molecule has 0 fully saturated rings. The van der Waals surface area contributed by atoms with Gasteiger partial charge in [-0.05, 0) is 69.5 Å². The van der Waals surface area contributed by atoms with E-state index in [1.54, 1.807) is 29.7 Å². The number of hydrogen-bond donors (Lipinski definition) is 1. The summed E-state index contributed by atoms with van der Waals surface area (Å²) in [6.07, 6.45) is 0. The van der Waals surface area contributed by atoms with E-state index in [0.29, 0.717) is 23.3 Å². The van der Waals surface area contributed by atoms with Crippen LogP contribution in [0, 0.1) is 20.8 Å². The highest BCUT2D eigenvalue weighted by atomic mass is 16.5. The number of amides is 1. The number of aryl methyl sites for hydroxylation is 4. The molecule has 0 spiro atoms. The molecule has 0 bridgehead atoms. The fraction of sp³-hybridized carbons (Fsp3) is 0.333. The third kappa shape index (κ3) is 4.82. The van der Waals surface area contributed by atoms with E-state index < -0.39 is 5.97 Å². The molecule has 0 saturated carbocycles. The van der Waals surface area contributed by atoms with Gasteiger partial charge in [0.05, 0.1) is 22.6 Å². The molecular weight excluding hydrogens is 394 g/mol. The topological polar surface area (TPSA) is 90.3 Å². The Kier molecular flexibility index (Phi) is 6.53. The number of esters is 1. The predicted octanol–water partition coefficient (Wildman–Crippen LogP) is 3.38. The number of benzene rings is 2. The van der Waals surface area contributed by atoms with Gasteiger partial charge >= 0.3 is 5.97 Å². The molecule has 162 valence electrons. The molecule has 1 N–H and O–H groups in total. The molecule has 0 aliphatic rings. The molecule has 1 heterocycles. The Hall–Kier alpha value is -3.48. The smallest absolute Gasteiger partial charge is 0.338 e. The van der Waals surface area contributed by atoms with Crippen LogP contribution in [0.4, 0.5) is 0 Å². The van der Waals surface area contributed by atoms with Crippen LogP contribution in [0.5, 0.6) is 0 Å². The number of ether oxygens (including phenoxy) is 1. The zero-order valence-corrected chi connectivity index (χ0v) is 18.5. The van der Waals surface area contributed by atoms with E-state index in [1.807, 2.05) is 45.9 Å². The van der Waals surface area contributed by atoms with Crippen molar-refractivity contribution < 1.29 is 14.3 Å². The minimum atomic E-state index is -0.621. The second kappa shape index (κ2) is 9.12. The standard InChI is InChI=1S/C24H27N3O4/c1-6-27-21-10-9-19(12-20(21)25-17(5)23(27)29)24(30)31-13-22(28)26-16(4)18-8-7-14(2)15(3)11-18/h7-12,16H,6,13H2,1-5H3,(H,26,28)/t16-/m0/s1. The zero-order chi connectivity index (χ0) is 22.7. The van der Waals surface area contributed by atoms with Crippen molar-refractivity contribution in [2.75, 3.05) is 6.61 Å². The Morgan fingerprint density at radius 1 is 1.10 bits per heavy atom. The Bertz CT molecular complexity index is 1210. The largest absolute Gasteiger partial charge is 0.452 e. The maximum Gasteiger partial charge on any atom is 0.338 e. The van der Waals surface area contributed by atoms with Gasteiger partial charge in [0.15, 0.2) is 6.61 Å². The molecule has 0 radical (unpaired) electrons. The summed E-state index contributed by atoms with van der Waals surface area (Å²) in [5.41, 5.74) is 4.98. The highest BCUT2D eigenvalue weighted by molar-refractivity contribution is 5.94.